The number of halogens is 3. The lowest BCUT2D eigenvalue weighted by Crippen LogP contribution is -2.49. The molecule has 2 saturated heterocycles. The van der Waals surface area contributed by atoms with E-state index in [1.54, 1.807) is 12.3 Å². The fourth-order valence-electron chi connectivity index (χ4n) is 4.91. The molecule has 0 spiro atoms. The second-order valence-electron chi connectivity index (χ2n) is 9.35. The van der Waals surface area contributed by atoms with Gasteiger partial charge < -0.3 is 14.7 Å². The summed E-state index contributed by atoms with van der Waals surface area (Å²) in [5, 5.41) is 0.538. The van der Waals surface area contributed by atoms with Crippen molar-refractivity contribution in [2.24, 2.45) is 20.0 Å². The zero-order valence-corrected chi connectivity index (χ0v) is 21.9. The molecule has 1 unspecified atom stereocenters. The van der Waals surface area contributed by atoms with Crippen molar-refractivity contribution in [1.29, 1.82) is 0 Å². The Morgan fingerprint density at radius 1 is 0.944 bits per heavy atom. The number of aliphatic imine (C=N–C) groups is 4. The van der Waals surface area contributed by atoms with Gasteiger partial charge in [0.1, 0.15) is 11.7 Å². The standard InChI is InChI=1S/C26H30Cl2FN7/c1-18-5-2-3-12-36(18)26-32-22(19-6-7-20(27)21(29)17-19)8-9-23(33-26)34-13-15-35(16-14-34)25-24(28)30-10-4-11-31-25/h6-8,10-11,17-18H,2-5,9,12-16H2,1H3. The highest BCUT2D eigenvalue weighted by molar-refractivity contribution is 6.30. The first-order valence-corrected chi connectivity index (χ1v) is 13.3. The van der Waals surface area contributed by atoms with Crippen LogP contribution in [0.1, 0.15) is 44.6 Å². The Kier molecular flexibility index (Phi) is 7.72. The number of piperidine rings is 1. The monoisotopic (exact) mass is 529 g/mol. The normalized spacial score (nSPS) is 23.3. The lowest BCUT2D eigenvalue weighted by molar-refractivity contribution is 0.217. The first kappa shape index (κ1) is 25.0. The molecule has 1 aromatic carbocycles. The second-order valence-corrected chi connectivity index (χ2v) is 10.1. The number of nitrogens with zero attached hydrogens (tertiary/aromatic N) is 7. The summed E-state index contributed by atoms with van der Waals surface area (Å²) in [4.78, 5) is 25.6. The Morgan fingerprint density at radius 3 is 2.50 bits per heavy atom. The Bertz CT molecular complexity index is 1180. The van der Waals surface area contributed by atoms with Crippen LogP contribution < -0.4 is 0 Å². The maximum atomic E-state index is 14.3. The molecule has 4 aliphatic rings. The van der Waals surface area contributed by atoms with Crippen LogP contribution in [-0.4, -0.2) is 77.7 Å². The number of rotatable bonds is 2. The molecule has 5 rings (SSSR count). The quantitative estimate of drug-likeness (QED) is 0.483. The molecule has 4 heterocycles. The van der Waals surface area contributed by atoms with Crippen LogP contribution in [-0.2, 0) is 0 Å². The van der Waals surface area contributed by atoms with Crippen LogP contribution in [0.25, 0.3) is 5.70 Å². The third-order valence-electron chi connectivity index (χ3n) is 6.96. The SMILES string of the molecule is CC1CCCCN1C1=NC(c2ccc(Cl)c(F)c2)=CCC(N2CCN(C3=C(Cl)N=CCC=N3)CC2)=N1. The number of guanidine groups is 1. The fourth-order valence-corrected chi connectivity index (χ4v) is 5.26. The van der Waals surface area contributed by atoms with Gasteiger partial charge in [0.05, 0.1) is 10.7 Å². The number of likely N-dealkylation sites (tertiary alicyclic amines) is 1. The minimum Gasteiger partial charge on any atom is -0.356 e. The average Bonchev–Trinajstić information content (AvgIpc) is 3.24. The van der Waals surface area contributed by atoms with E-state index in [2.05, 4.69) is 31.6 Å². The van der Waals surface area contributed by atoms with Gasteiger partial charge in [-0.1, -0.05) is 35.3 Å². The molecule has 36 heavy (non-hydrogen) atoms. The van der Waals surface area contributed by atoms with Crippen molar-refractivity contribution in [3.8, 4) is 0 Å². The Morgan fingerprint density at radius 2 is 1.72 bits per heavy atom. The summed E-state index contributed by atoms with van der Waals surface area (Å²) >= 11 is 12.3. The molecule has 0 saturated carbocycles. The third kappa shape index (κ3) is 5.49. The van der Waals surface area contributed by atoms with Crippen LogP contribution in [0, 0.1) is 5.82 Å². The second kappa shape index (κ2) is 11.1. The smallest absolute Gasteiger partial charge is 0.227 e. The van der Waals surface area contributed by atoms with Crippen molar-refractivity contribution in [3.63, 3.8) is 0 Å². The molecule has 190 valence electrons. The van der Waals surface area contributed by atoms with Gasteiger partial charge >= 0.3 is 0 Å². The number of piperazine rings is 1. The van der Waals surface area contributed by atoms with Gasteiger partial charge in [-0.3, -0.25) is 0 Å². The largest absolute Gasteiger partial charge is 0.356 e. The molecule has 10 heteroatoms. The van der Waals surface area contributed by atoms with Crippen molar-refractivity contribution in [3.05, 3.63) is 51.7 Å². The first-order chi connectivity index (χ1) is 17.5. The molecule has 1 aromatic rings. The molecule has 0 bridgehead atoms. The topological polar surface area (TPSA) is 59.2 Å². The summed E-state index contributed by atoms with van der Waals surface area (Å²) in [6, 6.07) is 5.20. The van der Waals surface area contributed by atoms with Gasteiger partial charge in [-0.2, -0.15) is 4.99 Å². The predicted molar refractivity (Wildman–Crippen MR) is 147 cm³/mol. The maximum Gasteiger partial charge on any atom is 0.227 e. The molecular formula is C26H30Cl2FN7. The fraction of sp³-hybridized carbons (Fsp3) is 0.462. The van der Waals surface area contributed by atoms with Crippen LogP contribution in [0.3, 0.4) is 0 Å². The Labute approximate surface area is 221 Å². The van der Waals surface area contributed by atoms with Gasteiger partial charge in [-0.15, -0.1) is 0 Å². The highest BCUT2D eigenvalue weighted by atomic mass is 35.5. The molecule has 0 aliphatic carbocycles. The summed E-state index contributed by atoms with van der Waals surface area (Å²) < 4.78 is 14.3. The number of benzene rings is 1. The summed E-state index contributed by atoms with van der Waals surface area (Å²) in [5.41, 5.74) is 1.42. The van der Waals surface area contributed by atoms with Crippen LogP contribution >= 0.6 is 23.2 Å². The molecule has 7 nitrogen and oxygen atoms in total. The van der Waals surface area contributed by atoms with Crippen molar-refractivity contribution in [2.45, 2.75) is 45.1 Å². The van der Waals surface area contributed by atoms with Crippen molar-refractivity contribution in [2.75, 3.05) is 32.7 Å². The van der Waals surface area contributed by atoms with E-state index in [0.717, 1.165) is 62.9 Å². The lowest BCUT2D eigenvalue weighted by atomic mass is 10.0. The molecule has 0 N–H and O–H groups in total. The van der Waals surface area contributed by atoms with Gasteiger partial charge in [0.2, 0.25) is 5.96 Å². The molecule has 0 radical (unpaired) electrons. The minimum absolute atomic E-state index is 0.107. The van der Waals surface area contributed by atoms with E-state index >= 15 is 0 Å². The molecule has 0 amide bonds. The van der Waals surface area contributed by atoms with E-state index < -0.39 is 5.82 Å². The van der Waals surface area contributed by atoms with Crippen molar-refractivity contribution < 1.29 is 4.39 Å². The summed E-state index contributed by atoms with van der Waals surface area (Å²) in [6.45, 7) is 6.24. The van der Waals surface area contributed by atoms with Crippen LogP contribution in [0.5, 0.6) is 0 Å². The number of hydrogen-bond acceptors (Lipinski definition) is 7. The van der Waals surface area contributed by atoms with Crippen LogP contribution in [0.4, 0.5) is 4.39 Å². The number of amidine groups is 1. The zero-order valence-electron chi connectivity index (χ0n) is 20.4. The van der Waals surface area contributed by atoms with Crippen molar-refractivity contribution >= 4 is 53.1 Å². The van der Waals surface area contributed by atoms with E-state index in [4.69, 9.17) is 33.2 Å². The van der Waals surface area contributed by atoms with E-state index in [1.165, 1.54) is 12.5 Å². The predicted octanol–water partition coefficient (Wildman–Crippen LogP) is 5.38. The highest BCUT2D eigenvalue weighted by Crippen LogP contribution is 2.27. The third-order valence-corrected chi connectivity index (χ3v) is 7.53. The first-order valence-electron chi connectivity index (χ1n) is 12.5. The van der Waals surface area contributed by atoms with E-state index in [9.17, 15) is 4.39 Å². The van der Waals surface area contributed by atoms with Crippen LogP contribution in [0.15, 0.2) is 55.2 Å². The molecule has 4 aliphatic heterocycles. The molecule has 0 aromatic heterocycles. The Balaban J connectivity index is 1.40. The van der Waals surface area contributed by atoms with Gasteiger partial charge in [0.15, 0.2) is 11.0 Å². The summed E-state index contributed by atoms with van der Waals surface area (Å²) in [5.74, 6) is 1.95. The highest BCUT2D eigenvalue weighted by Gasteiger charge is 2.27. The summed E-state index contributed by atoms with van der Waals surface area (Å²) in [6.07, 6.45) is 10.4. The van der Waals surface area contributed by atoms with Crippen LogP contribution in [0.2, 0.25) is 5.02 Å². The van der Waals surface area contributed by atoms with Crippen molar-refractivity contribution in [1.82, 2.24) is 14.7 Å². The molecule has 1 atom stereocenters. The zero-order chi connectivity index (χ0) is 25.1. The van der Waals surface area contributed by atoms with Gasteiger partial charge in [0.25, 0.3) is 0 Å². The lowest BCUT2D eigenvalue weighted by Gasteiger charge is -2.38. The van der Waals surface area contributed by atoms with Gasteiger partial charge in [-0.05, 0) is 38.3 Å². The van der Waals surface area contributed by atoms with Gasteiger partial charge in [0, 0.05) is 69.6 Å². The van der Waals surface area contributed by atoms with E-state index in [1.807, 2.05) is 18.4 Å². The van der Waals surface area contributed by atoms with E-state index in [0.29, 0.717) is 35.6 Å². The molecule has 2 fully saturated rings. The van der Waals surface area contributed by atoms with E-state index in [-0.39, 0.29) is 5.02 Å². The number of hydrogen-bond donors (Lipinski definition) is 0. The Hall–Kier alpha value is -2.71. The summed E-state index contributed by atoms with van der Waals surface area (Å²) in [7, 11) is 0. The van der Waals surface area contributed by atoms with Gasteiger partial charge in [-0.25, -0.2) is 19.4 Å². The maximum absolute atomic E-state index is 14.3. The minimum atomic E-state index is -0.446. The average molecular weight is 530 g/mol. The molecular weight excluding hydrogens is 500 g/mol.